The quantitative estimate of drug-likeness (QED) is 0.877. The average molecular weight is 321 g/mol. The van der Waals surface area contributed by atoms with Crippen LogP contribution in [0.1, 0.15) is 24.2 Å². The Balaban J connectivity index is 2.17. The van der Waals surface area contributed by atoms with E-state index in [0.29, 0.717) is 11.5 Å². The number of aromatic nitrogens is 1. The van der Waals surface area contributed by atoms with Gasteiger partial charge < -0.3 is 5.32 Å². The van der Waals surface area contributed by atoms with Crippen molar-refractivity contribution in [2.24, 2.45) is 5.92 Å². The van der Waals surface area contributed by atoms with Crippen LogP contribution < -0.4 is 5.32 Å². The van der Waals surface area contributed by atoms with Crippen molar-refractivity contribution >= 4 is 32.7 Å². The molecular weight excluding hydrogens is 304 g/mol. The summed E-state index contributed by atoms with van der Waals surface area (Å²) in [7, 11) is 0. The maximum atomic E-state index is 12.2. The lowest BCUT2D eigenvalue weighted by molar-refractivity contribution is 0.0931. The highest BCUT2D eigenvalue weighted by atomic mass is 79.9. The summed E-state index contributed by atoms with van der Waals surface area (Å²) in [5, 5.41) is 4.88. The molecule has 0 aliphatic heterocycles. The Hall–Kier alpha value is -1.42. The van der Waals surface area contributed by atoms with Crippen LogP contribution in [-0.2, 0) is 0 Å². The summed E-state index contributed by atoms with van der Waals surface area (Å²) < 4.78 is 0. The summed E-state index contributed by atoms with van der Waals surface area (Å²) in [6.45, 7) is 4.12. The number of pyridine rings is 1. The third kappa shape index (κ3) is 3.32. The SMILES string of the molecule is CC(CBr)C(C)NC(=O)c1ccc2ncccc2c1. The molecule has 0 spiro atoms. The number of nitrogens with one attached hydrogen (secondary N) is 1. The van der Waals surface area contributed by atoms with Crippen molar-refractivity contribution in [3.8, 4) is 0 Å². The van der Waals surface area contributed by atoms with E-state index in [2.05, 4.69) is 33.2 Å². The third-order valence-corrected chi connectivity index (χ3v) is 4.34. The van der Waals surface area contributed by atoms with Gasteiger partial charge in [-0.15, -0.1) is 0 Å². The first kappa shape index (κ1) is 14.0. The predicted octanol–water partition coefficient (Wildman–Crippen LogP) is 3.38. The van der Waals surface area contributed by atoms with E-state index >= 15 is 0 Å². The van der Waals surface area contributed by atoms with Crippen LogP contribution in [0.4, 0.5) is 0 Å². The molecule has 1 aromatic carbocycles. The standard InChI is InChI=1S/C15H17BrN2O/c1-10(9-16)11(2)18-15(19)13-5-6-14-12(8-13)4-3-7-17-14/h3-8,10-11H,9H2,1-2H3,(H,18,19). The summed E-state index contributed by atoms with van der Waals surface area (Å²) in [4.78, 5) is 16.4. The molecule has 1 N–H and O–H groups in total. The summed E-state index contributed by atoms with van der Waals surface area (Å²) in [6.07, 6.45) is 1.75. The van der Waals surface area contributed by atoms with Crippen LogP contribution in [0.15, 0.2) is 36.5 Å². The largest absolute Gasteiger partial charge is 0.349 e. The number of hydrogen-bond acceptors (Lipinski definition) is 2. The van der Waals surface area contributed by atoms with Crippen molar-refractivity contribution < 1.29 is 4.79 Å². The summed E-state index contributed by atoms with van der Waals surface area (Å²) in [5.74, 6) is 0.358. The molecule has 4 heteroatoms. The molecule has 0 saturated heterocycles. The van der Waals surface area contributed by atoms with Gasteiger partial charge in [-0.1, -0.05) is 28.9 Å². The molecule has 2 atom stereocenters. The Morgan fingerprint density at radius 1 is 1.37 bits per heavy atom. The van der Waals surface area contributed by atoms with E-state index in [1.165, 1.54) is 0 Å². The highest BCUT2D eigenvalue weighted by Crippen LogP contribution is 2.14. The molecular formula is C15H17BrN2O. The highest BCUT2D eigenvalue weighted by molar-refractivity contribution is 9.09. The van der Waals surface area contributed by atoms with Gasteiger partial charge in [0.25, 0.3) is 5.91 Å². The molecule has 0 aliphatic carbocycles. The number of fused-ring (bicyclic) bond motifs is 1. The minimum atomic E-state index is -0.0361. The van der Waals surface area contributed by atoms with Gasteiger partial charge in [-0.05, 0) is 37.1 Å². The van der Waals surface area contributed by atoms with Crippen molar-refractivity contribution in [3.05, 3.63) is 42.1 Å². The summed E-state index contributed by atoms with van der Waals surface area (Å²) in [5.41, 5.74) is 1.58. The molecule has 3 nitrogen and oxygen atoms in total. The Bertz CT molecular complexity index is 585. The van der Waals surface area contributed by atoms with Gasteiger partial charge in [0.2, 0.25) is 0 Å². The van der Waals surface area contributed by atoms with Crippen LogP contribution in [0.2, 0.25) is 0 Å². The summed E-state index contributed by atoms with van der Waals surface area (Å²) >= 11 is 3.43. The first-order chi connectivity index (χ1) is 9.11. The second-order valence-electron chi connectivity index (χ2n) is 4.80. The van der Waals surface area contributed by atoms with Crippen LogP contribution in [0.25, 0.3) is 10.9 Å². The smallest absolute Gasteiger partial charge is 0.251 e. The maximum Gasteiger partial charge on any atom is 0.251 e. The number of nitrogens with zero attached hydrogens (tertiary/aromatic N) is 1. The fourth-order valence-electron chi connectivity index (χ4n) is 1.78. The fourth-order valence-corrected chi connectivity index (χ4v) is 2.34. The van der Waals surface area contributed by atoms with Gasteiger partial charge in [-0.25, -0.2) is 0 Å². The van der Waals surface area contributed by atoms with Crippen LogP contribution in [0.3, 0.4) is 0 Å². The Morgan fingerprint density at radius 3 is 2.89 bits per heavy atom. The van der Waals surface area contributed by atoms with Crippen LogP contribution in [0, 0.1) is 5.92 Å². The number of amides is 1. The molecule has 0 fully saturated rings. The molecule has 1 amide bonds. The van der Waals surface area contributed by atoms with E-state index < -0.39 is 0 Å². The van der Waals surface area contributed by atoms with Crippen molar-refractivity contribution in [1.82, 2.24) is 10.3 Å². The van der Waals surface area contributed by atoms with Gasteiger partial charge in [-0.3, -0.25) is 9.78 Å². The Labute approximate surface area is 121 Å². The summed E-state index contributed by atoms with van der Waals surface area (Å²) in [6, 6.07) is 9.54. The van der Waals surface area contributed by atoms with Gasteiger partial charge in [-0.2, -0.15) is 0 Å². The molecule has 1 aromatic heterocycles. The van der Waals surface area contributed by atoms with Gasteiger partial charge in [0.05, 0.1) is 5.52 Å². The molecule has 2 unspecified atom stereocenters. The zero-order valence-corrected chi connectivity index (χ0v) is 12.6. The third-order valence-electron chi connectivity index (χ3n) is 3.32. The first-order valence-electron chi connectivity index (χ1n) is 6.33. The molecule has 2 aromatic rings. The molecule has 0 radical (unpaired) electrons. The number of rotatable bonds is 4. The van der Waals surface area contributed by atoms with Crippen molar-refractivity contribution in [3.63, 3.8) is 0 Å². The number of benzene rings is 1. The van der Waals surface area contributed by atoms with Gasteiger partial charge in [0.1, 0.15) is 0 Å². The molecule has 0 bridgehead atoms. The van der Waals surface area contributed by atoms with E-state index in [4.69, 9.17) is 0 Å². The van der Waals surface area contributed by atoms with E-state index in [0.717, 1.165) is 16.2 Å². The topological polar surface area (TPSA) is 42.0 Å². The Morgan fingerprint density at radius 2 is 2.16 bits per heavy atom. The van der Waals surface area contributed by atoms with Crippen molar-refractivity contribution in [2.45, 2.75) is 19.9 Å². The minimum absolute atomic E-state index is 0.0361. The van der Waals surface area contributed by atoms with E-state index in [-0.39, 0.29) is 11.9 Å². The molecule has 2 rings (SSSR count). The van der Waals surface area contributed by atoms with Crippen molar-refractivity contribution in [2.75, 3.05) is 5.33 Å². The second-order valence-corrected chi connectivity index (χ2v) is 5.45. The number of carbonyl (C=O) groups excluding carboxylic acids is 1. The second kappa shape index (κ2) is 6.15. The zero-order chi connectivity index (χ0) is 13.8. The lowest BCUT2D eigenvalue weighted by atomic mass is 10.1. The van der Waals surface area contributed by atoms with E-state index in [1.807, 2.05) is 37.3 Å². The number of carbonyl (C=O) groups is 1. The van der Waals surface area contributed by atoms with Crippen LogP contribution in [0.5, 0.6) is 0 Å². The number of hydrogen-bond donors (Lipinski definition) is 1. The molecule has 19 heavy (non-hydrogen) atoms. The zero-order valence-electron chi connectivity index (χ0n) is 11.1. The van der Waals surface area contributed by atoms with Crippen LogP contribution >= 0.6 is 15.9 Å². The van der Waals surface area contributed by atoms with E-state index in [1.54, 1.807) is 6.20 Å². The van der Waals surface area contributed by atoms with Crippen molar-refractivity contribution in [1.29, 1.82) is 0 Å². The first-order valence-corrected chi connectivity index (χ1v) is 7.45. The molecule has 0 aliphatic rings. The normalized spacial score (nSPS) is 14.1. The highest BCUT2D eigenvalue weighted by Gasteiger charge is 2.15. The lowest BCUT2D eigenvalue weighted by Gasteiger charge is -2.19. The van der Waals surface area contributed by atoms with Gasteiger partial charge >= 0.3 is 0 Å². The van der Waals surface area contributed by atoms with Gasteiger partial charge in [0.15, 0.2) is 0 Å². The van der Waals surface area contributed by atoms with Crippen LogP contribution in [-0.4, -0.2) is 22.3 Å². The maximum absolute atomic E-state index is 12.2. The van der Waals surface area contributed by atoms with Gasteiger partial charge in [0, 0.05) is 28.5 Å². The average Bonchev–Trinajstić information content (AvgIpc) is 2.45. The number of halogens is 1. The molecule has 1 heterocycles. The monoisotopic (exact) mass is 320 g/mol. The Kier molecular flexibility index (Phi) is 4.53. The minimum Gasteiger partial charge on any atom is -0.349 e. The number of alkyl halides is 1. The molecule has 100 valence electrons. The predicted molar refractivity (Wildman–Crippen MR) is 81.6 cm³/mol. The lowest BCUT2D eigenvalue weighted by Crippen LogP contribution is -2.37. The fraction of sp³-hybridized carbons (Fsp3) is 0.333. The van der Waals surface area contributed by atoms with E-state index in [9.17, 15) is 4.79 Å². The molecule has 0 saturated carbocycles.